The molecule has 2 aromatic carbocycles. The third kappa shape index (κ3) is 4.39. The third-order valence-corrected chi connectivity index (χ3v) is 5.98. The predicted octanol–water partition coefficient (Wildman–Crippen LogP) is 2.87. The number of hydrogen-bond donors (Lipinski definition) is 0. The van der Waals surface area contributed by atoms with Crippen LogP contribution >= 0.6 is 0 Å². The molecule has 5 nitrogen and oxygen atoms in total. The van der Waals surface area contributed by atoms with Crippen LogP contribution in [0.25, 0.3) is 0 Å². The molecule has 136 valence electrons. The van der Waals surface area contributed by atoms with Gasteiger partial charge in [0.1, 0.15) is 0 Å². The second-order valence-corrected chi connectivity index (χ2v) is 8.53. The number of benzene rings is 2. The molecule has 0 amide bonds. The highest BCUT2D eigenvalue weighted by Gasteiger charge is 2.17. The summed E-state index contributed by atoms with van der Waals surface area (Å²) in [5.41, 5.74) is 2.05. The van der Waals surface area contributed by atoms with Crippen LogP contribution in [0.5, 0.6) is 0 Å². The highest BCUT2D eigenvalue weighted by molar-refractivity contribution is 7.91. The average Bonchev–Trinajstić information content (AvgIpc) is 3.14. The molecule has 0 radical (unpaired) electrons. The second kappa shape index (κ2) is 7.85. The lowest BCUT2D eigenvalue weighted by Crippen LogP contribution is -2.15. The summed E-state index contributed by atoms with van der Waals surface area (Å²) in [5, 5.41) is 0. The number of nitrogens with zero attached hydrogens (tertiary/aromatic N) is 3. The molecule has 1 aromatic heterocycles. The number of likely N-dealkylation sites (N-methyl/N-ethyl adjacent to an activating group) is 1. The molecule has 26 heavy (non-hydrogen) atoms. The van der Waals surface area contributed by atoms with Crippen molar-refractivity contribution >= 4 is 9.84 Å². The Hall–Kier alpha value is -2.44. The van der Waals surface area contributed by atoms with Gasteiger partial charge in [0.05, 0.1) is 16.1 Å². The van der Waals surface area contributed by atoms with Gasteiger partial charge in [-0.3, -0.25) is 0 Å². The normalized spacial score (nSPS) is 11.8. The van der Waals surface area contributed by atoms with Crippen LogP contribution in [-0.4, -0.2) is 43.5 Å². The first-order chi connectivity index (χ1) is 12.4. The fourth-order valence-corrected chi connectivity index (χ4v) is 4.05. The zero-order valence-corrected chi connectivity index (χ0v) is 15.9. The van der Waals surface area contributed by atoms with Gasteiger partial charge in [-0.2, -0.15) is 0 Å². The van der Waals surface area contributed by atoms with Gasteiger partial charge in [0.2, 0.25) is 9.84 Å². The minimum Gasteiger partial charge on any atom is -0.333 e. The van der Waals surface area contributed by atoms with Gasteiger partial charge in [0.15, 0.2) is 0 Å². The Morgan fingerprint density at radius 3 is 2.42 bits per heavy atom. The first-order valence-electron chi connectivity index (χ1n) is 8.48. The predicted molar refractivity (Wildman–Crippen MR) is 102 cm³/mol. The van der Waals surface area contributed by atoms with E-state index in [-0.39, 0.29) is 0 Å². The molecule has 1 heterocycles. The standard InChI is InChI=1S/C20H23N3O2S/c1-22(2)12-10-17-4-3-5-20(14-17)26(24,25)19-8-6-18(7-9-19)15-23-13-11-21-16-23/h3-9,11,13-14,16H,10,12,15H2,1-2H3. The summed E-state index contributed by atoms with van der Waals surface area (Å²) in [7, 11) is 0.500. The van der Waals surface area contributed by atoms with E-state index in [1.807, 2.05) is 49.1 Å². The zero-order chi connectivity index (χ0) is 18.6. The maximum Gasteiger partial charge on any atom is 0.206 e. The van der Waals surface area contributed by atoms with Crippen LogP contribution in [0.3, 0.4) is 0 Å². The highest BCUT2D eigenvalue weighted by Crippen LogP contribution is 2.22. The molecule has 0 bridgehead atoms. The van der Waals surface area contributed by atoms with Gasteiger partial charge in [-0.05, 0) is 55.9 Å². The van der Waals surface area contributed by atoms with Crippen LogP contribution in [-0.2, 0) is 22.8 Å². The summed E-state index contributed by atoms with van der Waals surface area (Å²) in [4.78, 5) is 6.76. The Kier molecular flexibility index (Phi) is 5.54. The van der Waals surface area contributed by atoms with Crippen molar-refractivity contribution < 1.29 is 8.42 Å². The SMILES string of the molecule is CN(C)CCc1cccc(S(=O)(=O)c2ccc(Cn3ccnc3)cc2)c1. The Balaban J connectivity index is 1.80. The first-order valence-corrected chi connectivity index (χ1v) is 9.97. The Morgan fingerprint density at radius 2 is 1.77 bits per heavy atom. The van der Waals surface area contributed by atoms with E-state index in [1.165, 1.54) is 0 Å². The van der Waals surface area contributed by atoms with Crippen molar-refractivity contribution in [2.24, 2.45) is 0 Å². The first kappa shape index (κ1) is 18.4. The van der Waals surface area contributed by atoms with Crippen LogP contribution in [0.15, 0.2) is 77.0 Å². The van der Waals surface area contributed by atoms with E-state index in [0.29, 0.717) is 16.3 Å². The third-order valence-electron chi connectivity index (χ3n) is 4.21. The van der Waals surface area contributed by atoms with Crippen LogP contribution in [0, 0.1) is 0 Å². The van der Waals surface area contributed by atoms with Gasteiger partial charge < -0.3 is 9.47 Å². The molecule has 0 spiro atoms. The van der Waals surface area contributed by atoms with Crippen molar-refractivity contribution in [2.75, 3.05) is 20.6 Å². The molecule has 0 atom stereocenters. The van der Waals surface area contributed by atoms with E-state index in [9.17, 15) is 8.42 Å². The lowest BCUT2D eigenvalue weighted by molar-refractivity contribution is 0.413. The number of rotatable bonds is 7. The second-order valence-electron chi connectivity index (χ2n) is 6.58. The van der Waals surface area contributed by atoms with E-state index in [1.54, 1.807) is 36.8 Å². The molecule has 0 aliphatic carbocycles. The fraction of sp³-hybridized carbons (Fsp3) is 0.250. The van der Waals surface area contributed by atoms with Crippen LogP contribution in [0.4, 0.5) is 0 Å². The lowest BCUT2D eigenvalue weighted by atomic mass is 10.1. The average molecular weight is 369 g/mol. The van der Waals surface area contributed by atoms with Gasteiger partial charge in [-0.25, -0.2) is 13.4 Å². The zero-order valence-electron chi connectivity index (χ0n) is 15.0. The quantitative estimate of drug-likeness (QED) is 0.643. The van der Waals surface area contributed by atoms with Crippen molar-refractivity contribution in [1.82, 2.24) is 14.5 Å². The maximum atomic E-state index is 12.9. The number of aromatic nitrogens is 2. The molecular formula is C20H23N3O2S. The van der Waals surface area contributed by atoms with E-state index in [0.717, 1.165) is 24.1 Å². The molecule has 0 saturated heterocycles. The maximum absolute atomic E-state index is 12.9. The molecule has 6 heteroatoms. The summed E-state index contributed by atoms with van der Waals surface area (Å²) in [6.07, 6.45) is 6.16. The molecule has 3 rings (SSSR count). The van der Waals surface area contributed by atoms with Gasteiger partial charge >= 0.3 is 0 Å². The molecule has 0 unspecified atom stereocenters. The van der Waals surface area contributed by atoms with Crippen LogP contribution < -0.4 is 0 Å². The molecule has 0 N–H and O–H groups in total. The monoisotopic (exact) mass is 369 g/mol. The summed E-state index contributed by atoms with van der Waals surface area (Å²) in [6, 6.07) is 14.3. The molecule has 0 aliphatic rings. The van der Waals surface area contributed by atoms with Gasteiger partial charge in [-0.15, -0.1) is 0 Å². The minimum absolute atomic E-state index is 0.316. The minimum atomic E-state index is -3.51. The number of hydrogen-bond acceptors (Lipinski definition) is 4. The van der Waals surface area contributed by atoms with Crippen molar-refractivity contribution in [3.63, 3.8) is 0 Å². The molecular weight excluding hydrogens is 346 g/mol. The smallest absolute Gasteiger partial charge is 0.206 e. The summed E-state index contributed by atoms with van der Waals surface area (Å²) in [6.45, 7) is 1.55. The van der Waals surface area contributed by atoms with E-state index in [4.69, 9.17) is 0 Å². The largest absolute Gasteiger partial charge is 0.333 e. The summed E-state index contributed by atoms with van der Waals surface area (Å²) >= 11 is 0. The molecule has 0 saturated carbocycles. The number of sulfone groups is 1. The Bertz CT molecular complexity index is 947. The topological polar surface area (TPSA) is 55.2 Å². The van der Waals surface area contributed by atoms with Crippen molar-refractivity contribution in [3.05, 3.63) is 78.4 Å². The highest BCUT2D eigenvalue weighted by atomic mass is 32.2. The van der Waals surface area contributed by atoms with Crippen molar-refractivity contribution in [2.45, 2.75) is 22.8 Å². The Morgan fingerprint density at radius 1 is 1.00 bits per heavy atom. The van der Waals surface area contributed by atoms with Gasteiger partial charge in [0.25, 0.3) is 0 Å². The van der Waals surface area contributed by atoms with Crippen molar-refractivity contribution in [1.29, 1.82) is 0 Å². The van der Waals surface area contributed by atoms with E-state index in [2.05, 4.69) is 9.88 Å². The van der Waals surface area contributed by atoms with Crippen LogP contribution in [0.1, 0.15) is 11.1 Å². The molecule has 0 aliphatic heterocycles. The molecule has 3 aromatic rings. The van der Waals surface area contributed by atoms with Gasteiger partial charge in [-0.1, -0.05) is 24.3 Å². The van der Waals surface area contributed by atoms with E-state index >= 15 is 0 Å². The van der Waals surface area contributed by atoms with Gasteiger partial charge in [0, 0.05) is 25.5 Å². The summed E-state index contributed by atoms with van der Waals surface area (Å²) < 4.78 is 27.8. The van der Waals surface area contributed by atoms with E-state index < -0.39 is 9.84 Å². The Labute approximate surface area is 154 Å². The summed E-state index contributed by atoms with van der Waals surface area (Å²) in [5.74, 6) is 0. The fourth-order valence-electron chi connectivity index (χ4n) is 2.72. The lowest BCUT2D eigenvalue weighted by Gasteiger charge is -2.11. The van der Waals surface area contributed by atoms with Crippen LogP contribution in [0.2, 0.25) is 0 Å². The molecule has 0 fully saturated rings. The van der Waals surface area contributed by atoms with Crippen molar-refractivity contribution in [3.8, 4) is 0 Å². The number of imidazole rings is 1.